The van der Waals surface area contributed by atoms with E-state index >= 15 is 0 Å². The van der Waals surface area contributed by atoms with Crippen LogP contribution in [0.4, 0.5) is 0 Å². The summed E-state index contributed by atoms with van der Waals surface area (Å²) in [7, 11) is 0. The number of rotatable bonds is 6. The zero-order valence-corrected chi connectivity index (χ0v) is 19.0. The maximum Gasteiger partial charge on any atom is -0.0155 e. The molecule has 0 heterocycles. The summed E-state index contributed by atoms with van der Waals surface area (Å²) in [6, 6.07) is 25.7. The lowest BCUT2D eigenvalue weighted by atomic mass is 9.75. The second kappa shape index (κ2) is 9.65. The van der Waals surface area contributed by atoms with E-state index in [-0.39, 0.29) is 0 Å². The lowest BCUT2D eigenvalue weighted by molar-refractivity contribution is 0.396. The van der Waals surface area contributed by atoms with Crippen LogP contribution in [0, 0.1) is 6.92 Å². The van der Waals surface area contributed by atoms with Crippen molar-refractivity contribution in [3.05, 3.63) is 94.5 Å². The predicted octanol–water partition coefficient (Wildman–Crippen LogP) is 8.62. The molecule has 0 nitrogen and oxygen atoms in total. The highest BCUT2D eigenvalue weighted by atomic mass is 14.3. The maximum atomic E-state index is 2.45. The molecule has 0 unspecified atom stereocenters. The van der Waals surface area contributed by atoms with Gasteiger partial charge in [-0.3, -0.25) is 0 Å². The third kappa shape index (κ3) is 4.69. The van der Waals surface area contributed by atoms with Gasteiger partial charge >= 0.3 is 0 Å². The molecule has 0 atom stereocenters. The van der Waals surface area contributed by atoms with Gasteiger partial charge in [0, 0.05) is 0 Å². The Kier molecular flexibility index (Phi) is 6.72. The van der Waals surface area contributed by atoms with Gasteiger partial charge in [0.25, 0.3) is 0 Å². The highest BCUT2D eigenvalue weighted by Gasteiger charge is 2.23. The molecule has 0 N–H and O–H groups in total. The van der Waals surface area contributed by atoms with Crippen molar-refractivity contribution in [3.8, 4) is 11.1 Å². The summed E-state index contributed by atoms with van der Waals surface area (Å²) < 4.78 is 0. The summed E-state index contributed by atoms with van der Waals surface area (Å²) in [5, 5.41) is 0. The van der Waals surface area contributed by atoms with Gasteiger partial charge in [-0.2, -0.15) is 0 Å². The zero-order chi connectivity index (χ0) is 20.9. The van der Waals surface area contributed by atoms with E-state index in [2.05, 4.69) is 87.5 Å². The number of hydrogen-bond donors (Lipinski definition) is 0. The van der Waals surface area contributed by atoms with Crippen molar-refractivity contribution in [2.45, 2.75) is 77.6 Å². The normalized spacial score (nSPS) is 19.0. The smallest absolute Gasteiger partial charge is 0.0155 e. The summed E-state index contributed by atoms with van der Waals surface area (Å²) in [5.41, 5.74) is 10.1. The van der Waals surface area contributed by atoms with Gasteiger partial charge in [0.05, 0.1) is 0 Å². The first-order valence-electron chi connectivity index (χ1n) is 12.0. The summed E-state index contributed by atoms with van der Waals surface area (Å²) in [5.74, 6) is 1.46. The standard InChI is InChI=1S/C30H36/c1-4-6-24-9-13-28(14-10-24)30-20-19-29(21-22(30)3)27-17-15-26(16-18-27)25-11-7-23(5-2)8-12-25/h7-14,19-21,26-27H,4-6,15-18H2,1-3H3. The topological polar surface area (TPSA) is 0 Å². The van der Waals surface area contributed by atoms with Gasteiger partial charge in [0.1, 0.15) is 0 Å². The molecular weight excluding hydrogens is 360 g/mol. The summed E-state index contributed by atoms with van der Waals surface area (Å²) in [6.07, 6.45) is 8.76. The van der Waals surface area contributed by atoms with Crippen LogP contribution in [0.3, 0.4) is 0 Å². The Bertz CT molecular complexity index is 938. The SMILES string of the molecule is CCCc1ccc(-c2ccc(C3CCC(c4ccc(CC)cc4)CC3)cc2C)cc1. The van der Waals surface area contributed by atoms with Crippen LogP contribution < -0.4 is 0 Å². The molecule has 30 heavy (non-hydrogen) atoms. The number of aryl methyl sites for hydroxylation is 3. The largest absolute Gasteiger partial charge is 0.0651 e. The van der Waals surface area contributed by atoms with Crippen LogP contribution in [0.5, 0.6) is 0 Å². The molecule has 0 bridgehead atoms. The van der Waals surface area contributed by atoms with Gasteiger partial charge in [0.2, 0.25) is 0 Å². The van der Waals surface area contributed by atoms with E-state index in [0.29, 0.717) is 0 Å². The first-order valence-corrected chi connectivity index (χ1v) is 12.0. The van der Waals surface area contributed by atoms with Crippen LogP contribution >= 0.6 is 0 Å². The average Bonchev–Trinajstić information content (AvgIpc) is 2.80. The first kappa shape index (κ1) is 20.9. The molecule has 0 saturated heterocycles. The molecule has 1 saturated carbocycles. The van der Waals surface area contributed by atoms with Gasteiger partial charge in [-0.25, -0.2) is 0 Å². The minimum absolute atomic E-state index is 0.718. The Morgan fingerprint density at radius 3 is 1.80 bits per heavy atom. The van der Waals surface area contributed by atoms with Crippen molar-refractivity contribution >= 4 is 0 Å². The Hall–Kier alpha value is -2.34. The van der Waals surface area contributed by atoms with Crippen LogP contribution in [-0.2, 0) is 12.8 Å². The van der Waals surface area contributed by atoms with Crippen LogP contribution in [0.1, 0.15) is 85.6 Å². The minimum atomic E-state index is 0.718. The van der Waals surface area contributed by atoms with E-state index in [0.717, 1.165) is 18.3 Å². The van der Waals surface area contributed by atoms with Gasteiger partial charge in [-0.05, 0) is 96.2 Å². The van der Waals surface area contributed by atoms with E-state index in [1.54, 1.807) is 11.1 Å². The highest BCUT2D eigenvalue weighted by Crippen LogP contribution is 2.41. The van der Waals surface area contributed by atoms with Gasteiger partial charge < -0.3 is 0 Å². The van der Waals surface area contributed by atoms with Crippen molar-refractivity contribution in [1.29, 1.82) is 0 Å². The highest BCUT2D eigenvalue weighted by molar-refractivity contribution is 5.68. The molecule has 0 aromatic heterocycles. The fraction of sp³-hybridized carbons (Fsp3) is 0.400. The molecule has 1 aliphatic rings. The van der Waals surface area contributed by atoms with E-state index in [1.165, 1.54) is 66.3 Å². The van der Waals surface area contributed by atoms with E-state index in [9.17, 15) is 0 Å². The molecule has 156 valence electrons. The van der Waals surface area contributed by atoms with E-state index in [4.69, 9.17) is 0 Å². The molecule has 1 aliphatic carbocycles. The van der Waals surface area contributed by atoms with E-state index < -0.39 is 0 Å². The first-order chi connectivity index (χ1) is 14.7. The fourth-order valence-electron chi connectivity index (χ4n) is 5.19. The molecule has 4 rings (SSSR count). The van der Waals surface area contributed by atoms with Crippen molar-refractivity contribution in [2.24, 2.45) is 0 Å². The second-order valence-electron chi connectivity index (χ2n) is 9.16. The molecule has 0 amide bonds. The number of hydrogen-bond acceptors (Lipinski definition) is 0. The van der Waals surface area contributed by atoms with E-state index in [1.807, 2.05) is 0 Å². The molecule has 3 aromatic rings. The second-order valence-corrected chi connectivity index (χ2v) is 9.16. The molecule has 3 aromatic carbocycles. The third-order valence-corrected chi connectivity index (χ3v) is 7.11. The molecule has 1 fully saturated rings. The summed E-state index contributed by atoms with van der Waals surface area (Å²) in [6.45, 7) is 6.75. The van der Waals surface area contributed by atoms with Crippen molar-refractivity contribution in [2.75, 3.05) is 0 Å². The summed E-state index contributed by atoms with van der Waals surface area (Å²) >= 11 is 0. The molecule has 0 spiro atoms. The van der Waals surface area contributed by atoms with Crippen LogP contribution in [0.25, 0.3) is 11.1 Å². The lowest BCUT2D eigenvalue weighted by Gasteiger charge is -2.29. The van der Waals surface area contributed by atoms with Gasteiger partial charge in [-0.15, -0.1) is 0 Å². The van der Waals surface area contributed by atoms with Crippen LogP contribution in [-0.4, -0.2) is 0 Å². The molecular formula is C30H36. The quantitative estimate of drug-likeness (QED) is 0.391. The fourth-order valence-corrected chi connectivity index (χ4v) is 5.19. The van der Waals surface area contributed by atoms with Crippen LogP contribution in [0.15, 0.2) is 66.7 Å². The predicted molar refractivity (Wildman–Crippen MR) is 130 cm³/mol. The Morgan fingerprint density at radius 2 is 1.23 bits per heavy atom. The van der Waals surface area contributed by atoms with Crippen molar-refractivity contribution < 1.29 is 0 Å². The van der Waals surface area contributed by atoms with Crippen molar-refractivity contribution in [3.63, 3.8) is 0 Å². The monoisotopic (exact) mass is 396 g/mol. The van der Waals surface area contributed by atoms with Crippen molar-refractivity contribution in [1.82, 2.24) is 0 Å². The van der Waals surface area contributed by atoms with Gasteiger partial charge in [-0.1, -0.05) is 87.0 Å². The Labute approximate surface area is 183 Å². The number of benzene rings is 3. The lowest BCUT2D eigenvalue weighted by Crippen LogP contribution is -2.12. The molecule has 0 aliphatic heterocycles. The molecule has 0 heteroatoms. The maximum absolute atomic E-state index is 2.45. The van der Waals surface area contributed by atoms with Crippen LogP contribution in [0.2, 0.25) is 0 Å². The van der Waals surface area contributed by atoms with Gasteiger partial charge in [0.15, 0.2) is 0 Å². The summed E-state index contributed by atoms with van der Waals surface area (Å²) in [4.78, 5) is 0. The molecule has 0 radical (unpaired) electrons. The minimum Gasteiger partial charge on any atom is -0.0651 e. The Balaban J connectivity index is 1.42. The average molecular weight is 397 g/mol. The zero-order valence-electron chi connectivity index (χ0n) is 19.0. The third-order valence-electron chi connectivity index (χ3n) is 7.11. The Morgan fingerprint density at radius 1 is 0.667 bits per heavy atom.